The fraction of sp³-hybridized carbons (Fsp3) is 0.308. The highest BCUT2D eigenvalue weighted by atomic mass is 19.4. The summed E-state index contributed by atoms with van der Waals surface area (Å²) in [5, 5.41) is 0. The fourth-order valence-electron chi connectivity index (χ4n) is 1.97. The molecule has 1 heterocycles. The molecule has 0 fully saturated rings. The summed E-state index contributed by atoms with van der Waals surface area (Å²) in [6.07, 6.45) is -3.43. The summed E-state index contributed by atoms with van der Waals surface area (Å²) in [7, 11) is 0. The average Bonchev–Trinajstić information content (AvgIpc) is 2.38. The van der Waals surface area contributed by atoms with E-state index < -0.39 is 11.7 Å². The van der Waals surface area contributed by atoms with Crippen LogP contribution >= 0.6 is 0 Å². The number of hydrogen-bond donors (Lipinski definition) is 1. The molecule has 102 valence electrons. The lowest BCUT2D eigenvalue weighted by atomic mass is 10.1. The first-order valence-corrected chi connectivity index (χ1v) is 5.79. The van der Waals surface area contributed by atoms with Crippen molar-refractivity contribution in [1.82, 2.24) is 4.90 Å². The number of nitrogens with two attached hydrogens (primary N) is 1. The van der Waals surface area contributed by atoms with E-state index in [0.717, 1.165) is 6.08 Å². The average molecular weight is 270 g/mol. The van der Waals surface area contributed by atoms with E-state index in [4.69, 9.17) is 5.73 Å². The van der Waals surface area contributed by atoms with Gasteiger partial charge in [0.2, 0.25) is 0 Å². The maximum atomic E-state index is 12.5. The molecular weight excluding hydrogens is 257 g/mol. The zero-order valence-electron chi connectivity index (χ0n) is 10.1. The number of anilines is 1. The van der Waals surface area contributed by atoms with E-state index in [-0.39, 0.29) is 25.4 Å². The van der Waals surface area contributed by atoms with Crippen LogP contribution in [0.15, 0.2) is 35.9 Å². The lowest BCUT2D eigenvalue weighted by molar-refractivity contribution is -0.0957. The van der Waals surface area contributed by atoms with Gasteiger partial charge in [0.1, 0.15) is 0 Å². The highest BCUT2D eigenvalue weighted by molar-refractivity contribution is 5.99. The van der Waals surface area contributed by atoms with Crippen LogP contribution in [0.1, 0.15) is 16.8 Å². The van der Waals surface area contributed by atoms with Crippen LogP contribution < -0.4 is 5.73 Å². The Bertz CT molecular complexity index is 523. The first kappa shape index (κ1) is 13.5. The zero-order valence-corrected chi connectivity index (χ0v) is 10.1. The molecule has 19 heavy (non-hydrogen) atoms. The monoisotopic (exact) mass is 270 g/mol. The van der Waals surface area contributed by atoms with Crippen molar-refractivity contribution in [1.29, 1.82) is 0 Å². The van der Waals surface area contributed by atoms with Crippen molar-refractivity contribution in [3.63, 3.8) is 0 Å². The second-order valence-electron chi connectivity index (χ2n) is 4.32. The first-order valence-electron chi connectivity index (χ1n) is 5.79. The van der Waals surface area contributed by atoms with Crippen molar-refractivity contribution >= 4 is 11.6 Å². The van der Waals surface area contributed by atoms with E-state index in [1.54, 1.807) is 24.3 Å². The Labute approximate surface area is 108 Å². The minimum atomic E-state index is -4.30. The number of nitrogen functional groups attached to an aromatic ring is 1. The van der Waals surface area contributed by atoms with E-state index in [1.165, 1.54) is 4.90 Å². The molecule has 2 N–H and O–H groups in total. The van der Waals surface area contributed by atoms with Crippen molar-refractivity contribution in [3.8, 4) is 0 Å². The van der Waals surface area contributed by atoms with Gasteiger partial charge in [-0.1, -0.05) is 18.2 Å². The zero-order chi connectivity index (χ0) is 14.0. The molecule has 1 aliphatic heterocycles. The van der Waals surface area contributed by atoms with Gasteiger partial charge in [0.15, 0.2) is 0 Å². The van der Waals surface area contributed by atoms with Crippen LogP contribution in [0, 0.1) is 0 Å². The molecule has 0 saturated carbocycles. The van der Waals surface area contributed by atoms with Gasteiger partial charge in [-0.3, -0.25) is 4.79 Å². The van der Waals surface area contributed by atoms with Crippen molar-refractivity contribution < 1.29 is 18.0 Å². The van der Waals surface area contributed by atoms with Gasteiger partial charge in [0.05, 0.1) is 5.56 Å². The standard InChI is InChI=1S/C13H13F3N2O/c14-13(15,16)9-5-7-18(8-6-9)12(19)10-3-1-2-4-11(10)17/h1-5H,6-8,17H2. The van der Waals surface area contributed by atoms with E-state index in [9.17, 15) is 18.0 Å². The molecule has 1 aromatic carbocycles. The summed E-state index contributed by atoms with van der Waals surface area (Å²) in [5.74, 6) is -0.337. The number of alkyl halides is 3. The molecule has 0 bridgehead atoms. The van der Waals surface area contributed by atoms with Crippen LogP contribution in [0.5, 0.6) is 0 Å². The quantitative estimate of drug-likeness (QED) is 0.630. The highest BCUT2D eigenvalue weighted by Gasteiger charge is 2.35. The molecule has 3 nitrogen and oxygen atoms in total. The molecular formula is C13H13F3N2O. The Balaban J connectivity index is 2.13. The lowest BCUT2D eigenvalue weighted by Gasteiger charge is -2.27. The predicted molar refractivity (Wildman–Crippen MR) is 65.5 cm³/mol. The molecule has 1 aromatic rings. The van der Waals surface area contributed by atoms with Gasteiger partial charge in [0.25, 0.3) is 5.91 Å². The maximum absolute atomic E-state index is 12.5. The van der Waals surface area contributed by atoms with Gasteiger partial charge in [-0.05, 0) is 18.6 Å². The summed E-state index contributed by atoms with van der Waals surface area (Å²) >= 11 is 0. The number of carbonyl (C=O) groups is 1. The Hall–Kier alpha value is -1.98. The summed E-state index contributed by atoms with van der Waals surface area (Å²) in [6.45, 7) is 0.0144. The van der Waals surface area contributed by atoms with Crippen molar-refractivity contribution in [3.05, 3.63) is 41.5 Å². The van der Waals surface area contributed by atoms with Crippen LogP contribution in [-0.4, -0.2) is 30.1 Å². The molecule has 2 rings (SSSR count). The molecule has 0 saturated heterocycles. The molecule has 0 atom stereocenters. The molecule has 0 spiro atoms. The van der Waals surface area contributed by atoms with Gasteiger partial charge in [-0.25, -0.2) is 0 Å². The van der Waals surface area contributed by atoms with E-state index in [2.05, 4.69) is 0 Å². The second-order valence-corrected chi connectivity index (χ2v) is 4.32. The maximum Gasteiger partial charge on any atom is 0.412 e. The largest absolute Gasteiger partial charge is 0.412 e. The number of hydrogen-bond acceptors (Lipinski definition) is 2. The first-order chi connectivity index (χ1) is 8.89. The topological polar surface area (TPSA) is 46.3 Å². The third-order valence-corrected chi connectivity index (χ3v) is 3.05. The van der Waals surface area contributed by atoms with Gasteiger partial charge in [-0.15, -0.1) is 0 Å². The molecule has 1 amide bonds. The second kappa shape index (κ2) is 4.95. The minimum absolute atomic E-state index is 0.0397. The van der Waals surface area contributed by atoms with Crippen LogP contribution in [0.25, 0.3) is 0 Å². The SMILES string of the molecule is Nc1ccccc1C(=O)N1CC=C(C(F)(F)F)CC1. The Morgan fingerprint density at radius 1 is 1.26 bits per heavy atom. The Morgan fingerprint density at radius 3 is 2.47 bits per heavy atom. The van der Waals surface area contributed by atoms with Crippen molar-refractivity contribution in [2.45, 2.75) is 12.6 Å². The Morgan fingerprint density at radius 2 is 1.95 bits per heavy atom. The number of amides is 1. The molecule has 0 aliphatic carbocycles. The number of halogens is 3. The number of para-hydroxylation sites is 1. The smallest absolute Gasteiger partial charge is 0.398 e. The molecule has 6 heteroatoms. The van der Waals surface area contributed by atoms with Crippen LogP contribution in [0.3, 0.4) is 0 Å². The number of carbonyl (C=O) groups excluding carboxylic acids is 1. The van der Waals surface area contributed by atoms with Crippen LogP contribution in [-0.2, 0) is 0 Å². The number of nitrogens with zero attached hydrogens (tertiary/aromatic N) is 1. The Kier molecular flexibility index (Phi) is 3.50. The summed E-state index contributed by atoms with van der Waals surface area (Å²) in [6, 6.07) is 6.53. The van der Waals surface area contributed by atoms with Crippen molar-refractivity contribution in [2.75, 3.05) is 18.8 Å². The molecule has 1 aliphatic rings. The van der Waals surface area contributed by atoms with Crippen molar-refractivity contribution in [2.24, 2.45) is 0 Å². The van der Waals surface area contributed by atoms with Gasteiger partial charge in [-0.2, -0.15) is 13.2 Å². The molecule has 0 unspecified atom stereocenters. The van der Waals surface area contributed by atoms with Crippen LogP contribution in [0.4, 0.5) is 18.9 Å². The van der Waals surface area contributed by atoms with E-state index in [0.29, 0.717) is 11.3 Å². The van der Waals surface area contributed by atoms with Gasteiger partial charge < -0.3 is 10.6 Å². The van der Waals surface area contributed by atoms with E-state index >= 15 is 0 Å². The number of rotatable bonds is 1. The van der Waals surface area contributed by atoms with E-state index in [1.807, 2.05) is 0 Å². The highest BCUT2D eigenvalue weighted by Crippen LogP contribution is 2.30. The third kappa shape index (κ3) is 2.89. The predicted octanol–water partition coefficient (Wildman–Crippen LogP) is 2.60. The molecule has 0 radical (unpaired) electrons. The van der Waals surface area contributed by atoms with Gasteiger partial charge in [0, 0.05) is 24.4 Å². The fourth-order valence-corrected chi connectivity index (χ4v) is 1.97. The lowest BCUT2D eigenvalue weighted by Crippen LogP contribution is -2.37. The normalized spacial score (nSPS) is 16.2. The minimum Gasteiger partial charge on any atom is -0.398 e. The number of benzene rings is 1. The van der Waals surface area contributed by atoms with Gasteiger partial charge >= 0.3 is 6.18 Å². The summed E-state index contributed by atoms with van der Waals surface area (Å²) in [5.41, 5.74) is 5.77. The summed E-state index contributed by atoms with van der Waals surface area (Å²) < 4.78 is 37.4. The third-order valence-electron chi connectivity index (χ3n) is 3.05. The van der Waals surface area contributed by atoms with Crippen LogP contribution in [0.2, 0.25) is 0 Å². The molecule has 0 aromatic heterocycles. The summed E-state index contributed by atoms with van der Waals surface area (Å²) in [4.78, 5) is 13.5.